The van der Waals surface area contributed by atoms with Crippen LogP contribution in [0.3, 0.4) is 0 Å². The highest BCUT2D eigenvalue weighted by Crippen LogP contribution is 2.39. The number of likely N-dealkylation sites (N-methyl/N-ethyl adjacent to an activating group) is 1. The first kappa shape index (κ1) is 24.4. The first-order valence-corrected chi connectivity index (χ1v) is 15.1. The smallest absolute Gasteiger partial charge is 0.229 e. The lowest BCUT2D eigenvalue weighted by Gasteiger charge is -2.26. The second kappa shape index (κ2) is 9.71. The predicted octanol–water partition coefficient (Wildman–Crippen LogP) is 4.07. The Morgan fingerprint density at radius 2 is 2.11 bits per heavy atom. The zero-order chi connectivity index (χ0) is 25.6. The molecule has 0 amide bonds. The molecule has 11 heteroatoms. The van der Waals surface area contributed by atoms with Crippen molar-refractivity contribution in [2.45, 2.75) is 38.0 Å². The molecule has 9 nitrogen and oxygen atoms in total. The first-order chi connectivity index (χ1) is 18.0. The van der Waals surface area contributed by atoms with Gasteiger partial charge in [-0.15, -0.1) is 11.3 Å². The highest BCUT2D eigenvalue weighted by molar-refractivity contribution is 7.90. The van der Waals surface area contributed by atoms with Crippen molar-refractivity contribution in [1.82, 2.24) is 19.3 Å². The van der Waals surface area contributed by atoms with Crippen LogP contribution in [-0.2, 0) is 23.0 Å². The number of fused-ring (bicyclic) bond motifs is 2. The molecule has 0 unspecified atom stereocenters. The molecule has 0 radical (unpaired) electrons. The molecular formula is C26H31N7O2S2. The Morgan fingerprint density at radius 3 is 2.89 bits per heavy atom. The summed E-state index contributed by atoms with van der Waals surface area (Å²) in [5.41, 5.74) is 10.5. The van der Waals surface area contributed by atoms with Gasteiger partial charge in [0.2, 0.25) is 16.0 Å². The molecule has 0 bridgehead atoms. The standard InChI is InChI=1S/C26H31N7O2S2/c1-2-32(13-10-27)19-5-3-4-18(15-19)29-26-30-24(21-8-11-28-25(21)31-26)23-14-17-16-33(12-9-22(17)36-23)37(34,35)20-6-7-20/h3-5,8,11,14-15,20H,2,6-7,9-10,12-13,16,27H2,1H3,(H2,28,29,30,31). The Balaban J connectivity index is 1.31. The number of hydrogen-bond acceptors (Lipinski definition) is 8. The summed E-state index contributed by atoms with van der Waals surface area (Å²) < 4.78 is 27.3. The van der Waals surface area contributed by atoms with Crippen LogP contribution in [0.2, 0.25) is 0 Å². The predicted molar refractivity (Wildman–Crippen MR) is 150 cm³/mol. The number of benzene rings is 1. The molecule has 2 aliphatic rings. The second-order valence-corrected chi connectivity index (χ2v) is 12.9. The molecule has 1 aromatic carbocycles. The van der Waals surface area contributed by atoms with E-state index >= 15 is 0 Å². The van der Waals surface area contributed by atoms with Gasteiger partial charge in [0.1, 0.15) is 5.65 Å². The van der Waals surface area contributed by atoms with Crippen molar-refractivity contribution < 1.29 is 8.42 Å². The minimum absolute atomic E-state index is 0.180. The number of thiophene rings is 1. The van der Waals surface area contributed by atoms with Crippen LogP contribution in [0, 0.1) is 0 Å². The van der Waals surface area contributed by atoms with E-state index in [-0.39, 0.29) is 5.25 Å². The summed E-state index contributed by atoms with van der Waals surface area (Å²) in [6.07, 6.45) is 4.18. The number of nitrogens with two attached hydrogens (primary N) is 1. The van der Waals surface area contributed by atoms with E-state index in [1.807, 2.05) is 24.4 Å². The molecule has 1 aliphatic heterocycles. The lowest BCUT2D eigenvalue weighted by Crippen LogP contribution is -2.37. The molecule has 194 valence electrons. The first-order valence-electron chi connectivity index (χ1n) is 12.7. The third-order valence-electron chi connectivity index (χ3n) is 7.03. The lowest BCUT2D eigenvalue weighted by molar-refractivity contribution is 0.393. The van der Waals surface area contributed by atoms with Crippen molar-refractivity contribution in [3.63, 3.8) is 0 Å². The summed E-state index contributed by atoms with van der Waals surface area (Å²) in [5.74, 6) is 0.508. The summed E-state index contributed by atoms with van der Waals surface area (Å²) in [4.78, 5) is 17.3. The van der Waals surface area contributed by atoms with Crippen LogP contribution in [-0.4, -0.2) is 59.1 Å². The van der Waals surface area contributed by atoms with Gasteiger partial charge in [-0.2, -0.15) is 9.29 Å². The van der Waals surface area contributed by atoms with Crippen molar-refractivity contribution in [3.8, 4) is 10.6 Å². The van der Waals surface area contributed by atoms with E-state index in [1.54, 1.807) is 15.6 Å². The zero-order valence-corrected chi connectivity index (χ0v) is 22.4. The Hall–Kier alpha value is -2.99. The van der Waals surface area contributed by atoms with Crippen molar-refractivity contribution >= 4 is 49.7 Å². The summed E-state index contributed by atoms with van der Waals surface area (Å²) in [5, 5.41) is 4.15. The molecule has 6 rings (SSSR count). The van der Waals surface area contributed by atoms with E-state index in [9.17, 15) is 8.42 Å². The molecule has 1 aliphatic carbocycles. The lowest BCUT2D eigenvalue weighted by atomic mass is 10.1. The van der Waals surface area contributed by atoms with Gasteiger partial charge in [-0.1, -0.05) is 6.07 Å². The summed E-state index contributed by atoms with van der Waals surface area (Å²) >= 11 is 1.70. The number of aromatic nitrogens is 3. The van der Waals surface area contributed by atoms with Gasteiger partial charge in [-0.05, 0) is 62.1 Å². The van der Waals surface area contributed by atoms with E-state index in [1.165, 1.54) is 4.88 Å². The van der Waals surface area contributed by atoms with Gasteiger partial charge in [0, 0.05) is 60.6 Å². The number of H-pyrrole nitrogens is 1. The third kappa shape index (κ3) is 4.72. The molecular weight excluding hydrogens is 506 g/mol. The number of anilines is 3. The van der Waals surface area contributed by atoms with Crippen molar-refractivity contribution in [2.24, 2.45) is 5.73 Å². The Morgan fingerprint density at radius 1 is 1.24 bits per heavy atom. The number of nitrogens with zero attached hydrogens (tertiary/aromatic N) is 4. The van der Waals surface area contributed by atoms with E-state index < -0.39 is 10.0 Å². The van der Waals surface area contributed by atoms with E-state index in [0.717, 1.165) is 70.9 Å². The average molecular weight is 538 g/mol. The van der Waals surface area contributed by atoms with Gasteiger partial charge in [0.15, 0.2) is 0 Å². The van der Waals surface area contributed by atoms with Crippen molar-refractivity contribution in [1.29, 1.82) is 0 Å². The van der Waals surface area contributed by atoms with Gasteiger partial charge in [0.25, 0.3) is 0 Å². The fraction of sp³-hybridized carbons (Fsp3) is 0.385. The number of nitrogens with one attached hydrogen (secondary N) is 2. The molecule has 0 spiro atoms. The SMILES string of the molecule is CCN(CCN)c1cccc(Nc2nc(-c3cc4c(s3)CCN(S(=O)(=O)C3CC3)C4)c3cc[nH]c3n2)c1. The molecule has 4 N–H and O–H groups in total. The van der Waals surface area contributed by atoms with Crippen LogP contribution in [0.15, 0.2) is 42.6 Å². The number of rotatable bonds is 9. The van der Waals surface area contributed by atoms with E-state index in [0.29, 0.717) is 25.6 Å². The number of sulfonamides is 1. The van der Waals surface area contributed by atoms with Crippen LogP contribution in [0.25, 0.3) is 21.6 Å². The molecule has 1 saturated carbocycles. The largest absolute Gasteiger partial charge is 0.370 e. The highest BCUT2D eigenvalue weighted by Gasteiger charge is 2.41. The second-order valence-electron chi connectivity index (χ2n) is 9.57. The van der Waals surface area contributed by atoms with Crippen LogP contribution in [0.5, 0.6) is 0 Å². The zero-order valence-electron chi connectivity index (χ0n) is 20.8. The Labute approximate surface area is 220 Å². The Kier molecular flexibility index (Phi) is 6.39. The maximum absolute atomic E-state index is 12.8. The number of hydrogen-bond donors (Lipinski definition) is 3. The fourth-order valence-corrected chi connectivity index (χ4v) is 7.92. The van der Waals surface area contributed by atoms with E-state index in [4.69, 9.17) is 15.7 Å². The van der Waals surface area contributed by atoms with Crippen LogP contribution in [0.1, 0.15) is 30.2 Å². The quantitative estimate of drug-likeness (QED) is 0.294. The molecule has 4 heterocycles. The molecule has 1 fully saturated rings. The summed E-state index contributed by atoms with van der Waals surface area (Å²) in [6, 6.07) is 12.3. The third-order valence-corrected chi connectivity index (χ3v) is 10.6. The minimum atomic E-state index is -3.18. The van der Waals surface area contributed by atoms with Gasteiger partial charge >= 0.3 is 0 Å². The Bertz CT molecular complexity index is 1540. The molecule has 4 aromatic rings. The number of aromatic amines is 1. The van der Waals surface area contributed by atoms with Gasteiger partial charge < -0.3 is 20.9 Å². The van der Waals surface area contributed by atoms with Crippen LogP contribution >= 0.6 is 11.3 Å². The summed E-state index contributed by atoms with van der Waals surface area (Å²) in [6.45, 7) is 5.37. The summed E-state index contributed by atoms with van der Waals surface area (Å²) in [7, 11) is -3.18. The monoisotopic (exact) mass is 537 g/mol. The van der Waals surface area contributed by atoms with Crippen LogP contribution < -0.4 is 16.0 Å². The average Bonchev–Trinajstić information content (AvgIpc) is 3.52. The minimum Gasteiger partial charge on any atom is -0.370 e. The molecule has 3 aromatic heterocycles. The van der Waals surface area contributed by atoms with Gasteiger partial charge in [-0.3, -0.25) is 0 Å². The van der Waals surface area contributed by atoms with Crippen molar-refractivity contribution in [3.05, 3.63) is 53.0 Å². The maximum Gasteiger partial charge on any atom is 0.229 e. The van der Waals surface area contributed by atoms with Gasteiger partial charge in [-0.25, -0.2) is 13.4 Å². The van der Waals surface area contributed by atoms with Crippen LogP contribution in [0.4, 0.5) is 17.3 Å². The van der Waals surface area contributed by atoms with Gasteiger partial charge in [0.05, 0.1) is 15.8 Å². The van der Waals surface area contributed by atoms with Crippen molar-refractivity contribution in [2.75, 3.05) is 36.4 Å². The molecule has 0 atom stereocenters. The highest BCUT2D eigenvalue weighted by atomic mass is 32.2. The van der Waals surface area contributed by atoms with E-state index in [2.05, 4.69) is 40.3 Å². The molecule has 0 saturated heterocycles. The topological polar surface area (TPSA) is 120 Å². The normalized spacial score (nSPS) is 16.2. The molecule has 37 heavy (non-hydrogen) atoms. The fourth-order valence-electron chi connectivity index (χ4n) is 4.94. The maximum atomic E-state index is 12.8.